The van der Waals surface area contributed by atoms with Crippen LogP contribution >= 0.6 is 45.2 Å². The standard InChI is InChI=1S/C25H39I2N3O/c1-24(2,3)19-12-18(23(29-31)22(13-19)25(4,5)6)15-28-8-9-30(7)16-17-10-20(26)14-21(27)11-17/h10,13,15,17-18,21H,8-9,11-12,14,16H2,1-7H3/b28-15+. The van der Waals surface area contributed by atoms with Crippen LogP contribution in [-0.2, 0) is 0 Å². The van der Waals surface area contributed by atoms with Gasteiger partial charge in [0.05, 0.1) is 12.2 Å². The highest BCUT2D eigenvalue weighted by Gasteiger charge is 2.33. The third-order valence-corrected chi connectivity index (χ3v) is 7.84. The maximum absolute atomic E-state index is 11.8. The third kappa shape index (κ3) is 8.32. The zero-order chi connectivity index (χ0) is 23.4. The average Bonchev–Trinajstić information content (AvgIpc) is 2.62. The van der Waals surface area contributed by atoms with Crippen molar-refractivity contribution < 1.29 is 0 Å². The summed E-state index contributed by atoms with van der Waals surface area (Å²) in [7, 11) is 2.18. The van der Waals surface area contributed by atoms with E-state index in [0.29, 0.717) is 11.6 Å². The summed E-state index contributed by atoms with van der Waals surface area (Å²) in [4.78, 5) is 18.9. The number of rotatable bonds is 7. The van der Waals surface area contributed by atoms with Gasteiger partial charge in [0.25, 0.3) is 0 Å². The van der Waals surface area contributed by atoms with E-state index in [4.69, 9.17) is 4.99 Å². The van der Waals surface area contributed by atoms with E-state index in [-0.39, 0.29) is 16.7 Å². The van der Waals surface area contributed by atoms with E-state index in [9.17, 15) is 4.91 Å². The lowest BCUT2D eigenvalue weighted by atomic mass is 9.71. The lowest BCUT2D eigenvalue weighted by Gasteiger charge is -2.34. The topological polar surface area (TPSA) is 45.0 Å². The molecule has 3 unspecified atom stereocenters. The van der Waals surface area contributed by atoms with Gasteiger partial charge < -0.3 is 4.90 Å². The van der Waals surface area contributed by atoms with Crippen molar-refractivity contribution in [2.45, 2.75) is 64.7 Å². The first-order valence-corrected chi connectivity index (χ1v) is 13.6. The second-order valence-corrected chi connectivity index (χ2v) is 14.2. The summed E-state index contributed by atoms with van der Waals surface area (Å²) in [6.45, 7) is 15.9. The molecule has 0 aromatic carbocycles. The number of allylic oxidation sites excluding steroid dienone is 5. The number of aliphatic imine (C=N–C) groups is 1. The number of alkyl halides is 1. The van der Waals surface area contributed by atoms with Gasteiger partial charge in [0.2, 0.25) is 0 Å². The Morgan fingerprint density at radius 1 is 1.16 bits per heavy atom. The maximum Gasteiger partial charge on any atom is 0.0973 e. The van der Waals surface area contributed by atoms with E-state index in [2.05, 4.69) is 116 Å². The molecule has 2 rings (SSSR count). The number of likely N-dealkylation sites (N-methyl/N-ethyl adjacent to an activating group) is 1. The van der Waals surface area contributed by atoms with Crippen LogP contribution in [0.2, 0.25) is 0 Å². The van der Waals surface area contributed by atoms with E-state index in [1.165, 1.54) is 22.0 Å². The summed E-state index contributed by atoms with van der Waals surface area (Å²) in [5.74, 6) is 0.608. The summed E-state index contributed by atoms with van der Waals surface area (Å²) in [5.41, 5.74) is 3.03. The fourth-order valence-electron chi connectivity index (χ4n) is 4.27. The van der Waals surface area contributed by atoms with Crippen molar-refractivity contribution >= 4 is 51.4 Å². The Labute approximate surface area is 216 Å². The molecular formula is C25H39I2N3O. The van der Waals surface area contributed by atoms with Crippen LogP contribution in [-0.4, -0.2) is 41.7 Å². The predicted octanol–water partition coefficient (Wildman–Crippen LogP) is 7.58. The van der Waals surface area contributed by atoms with Crippen molar-refractivity contribution in [1.29, 1.82) is 0 Å². The first-order chi connectivity index (χ1) is 14.3. The minimum atomic E-state index is -0.117. The van der Waals surface area contributed by atoms with Gasteiger partial charge in [0.1, 0.15) is 0 Å². The minimum absolute atomic E-state index is 0.0288. The smallest absolute Gasteiger partial charge is 0.0973 e. The summed E-state index contributed by atoms with van der Waals surface area (Å²) in [5, 5.41) is 3.47. The average molecular weight is 651 g/mol. The van der Waals surface area contributed by atoms with Gasteiger partial charge in [-0.05, 0) is 80.0 Å². The number of halogens is 2. The highest BCUT2D eigenvalue weighted by atomic mass is 127. The second-order valence-electron chi connectivity index (χ2n) is 11.1. The molecule has 0 bridgehead atoms. The van der Waals surface area contributed by atoms with Crippen molar-refractivity contribution in [3.63, 3.8) is 0 Å². The minimum Gasteiger partial charge on any atom is -0.304 e. The molecule has 0 aromatic rings. The van der Waals surface area contributed by atoms with Crippen LogP contribution in [0.25, 0.3) is 0 Å². The lowest BCUT2D eigenvalue weighted by molar-refractivity contribution is 0.297. The normalized spacial score (nSPS) is 25.8. The molecule has 2 aliphatic carbocycles. The van der Waals surface area contributed by atoms with Crippen LogP contribution in [0.4, 0.5) is 0 Å². The Bertz CT molecular complexity index is 769. The van der Waals surface area contributed by atoms with E-state index >= 15 is 0 Å². The van der Waals surface area contributed by atoms with Crippen LogP contribution in [0.3, 0.4) is 0 Å². The van der Waals surface area contributed by atoms with E-state index < -0.39 is 0 Å². The maximum atomic E-state index is 11.8. The van der Waals surface area contributed by atoms with Crippen LogP contribution < -0.4 is 0 Å². The highest BCUT2D eigenvalue weighted by Crippen LogP contribution is 2.43. The molecule has 2 aliphatic rings. The lowest BCUT2D eigenvalue weighted by Crippen LogP contribution is -2.30. The molecule has 0 fully saturated rings. The molecule has 0 saturated heterocycles. The van der Waals surface area contributed by atoms with Crippen molar-refractivity contribution in [1.82, 2.24) is 4.90 Å². The highest BCUT2D eigenvalue weighted by molar-refractivity contribution is 14.1. The van der Waals surface area contributed by atoms with Gasteiger partial charge in [0.15, 0.2) is 0 Å². The first-order valence-electron chi connectivity index (χ1n) is 11.3. The quantitative estimate of drug-likeness (QED) is 0.123. The van der Waals surface area contributed by atoms with Crippen LogP contribution in [0, 0.1) is 27.6 Å². The van der Waals surface area contributed by atoms with Crippen molar-refractivity contribution in [2.75, 3.05) is 26.7 Å². The predicted molar refractivity (Wildman–Crippen MR) is 151 cm³/mol. The van der Waals surface area contributed by atoms with Gasteiger partial charge in [-0.25, -0.2) is 0 Å². The summed E-state index contributed by atoms with van der Waals surface area (Å²) in [6, 6.07) is 0. The molecule has 0 N–H and O–H groups in total. The molecule has 0 amide bonds. The fraction of sp³-hybridized carbons (Fsp3) is 0.720. The molecule has 6 heteroatoms. The first kappa shape index (κ1) is 27.2. The Morgan fingerprint density at radius 3 is 2.39 bits per heavy atom. The van der Waals surface area contributed by atoms with Gasteiger partial charge >= 0.3 is 0 Å². The molecule has 31 heavy (non-hydrogen) atoms. The van der Waals surface area contributed by atoms with Crippen molar-refractivity contribution in [3.8, 4) is 0 Å². The Hall–Kier alpha value is -0.0900. The second kappa shape index (κ2) is 11.4. The van der Waals surface area contributed by atoms with Crippen LogP contribution in [0.15, 0.2) is 42.7 Å². The molecule has 3 atom stereocenters. The van der Waals surface area contributed by atoms with Gasteiger partial charge in [-0.3, -0.25) is 4.99 Å². The van der Waals surface area contributed by atoms with E-state index in [1.807, 2.05) is 6.21 Å². The number of nitroso groups, excluding NO2 is 1. The zero-order valence-corrected chi connectivity index (χ0v) is 24.5. The molecule has 0 aliphatic heterocycles. The Morgan fingerprint density at radius 2 is 1.84 bits per heavy atom. The molecule has 174 valence electrons. The summed E-state index contributed by atoms with van der Waals surface area (Å²) >= 11 is 5.07. The fourth-order valence-corrected chi connectivity index (χ4v) is 7.28. The van der Waals surface area contributed by atoms with Crippen LogP contribution in [0.1, 0.15) is 60.8 Å². The molecule has 4 nitrogen and oxygen atoms in total. The zero-order valence-electron chi connectivity index (χ0n) is 20.2. The molecule has 0 spiro atoms. The van der Waals surface area contributed by atoms with E-state index in [0.717, 1.165) is 35.6 Å². The molecule has 0 saturated carbocycles. The van der Waals surface area contributed by atoms with E-state index in [1.54, 1.807) is 0 Å². The Kier molecular flexibility index (Phi) is 9.95. The molecular weight excluding hydrogens is 612 g/mol. The molecule has 0 heterocycles. The van der Waals surface area contributed by atoms with Gasteiger partial charge in [0, 0.05) is 29.1 Å². The van der Waals surface area contributed by atoms with Crippen LogP contribution in [0.5, 0.6) is 0 Å². The van der Waals surface area contributed by atoms with Gasteiger partial charge in [-0.15, -0.1) is 4.91 Å². The van der Waals surface area contributed by atoms with Crippen molar-refractivity contribution in [3.05, 3.63) is 37.5 Å². The SMILES string of the molecule is CN(CC/N=C/C1CC(C(C)(C)C)=CC(C(C)(C)C)=C1N=O)CC1C=C(I)CC(I)C1. The third-order valence-electron chi connectivity index (χ3n) is 6.09. The molecule has 0 aromatic heterocycles. The number of nitrogens with zero attached hydrogens (tertiary/aromatic N) is 3. The largest absolute Gasteiger partial charge is 0.304 e. The van der Waals surface area contributed by atoms with Crippen molar-refractivity contribution in [2.24, 2.45) is 32.8 Å². The van der Waals surface area contributed by atoms with Gasteiger partial charge in [-0.2, -0.15) is 0 Å². The summed E-state index contributed by atoms with van der Waals surface area (Å²) < 4.78 is 2.25. The molecule has 0 radical (unpaired) electrons. The monoisotopic (exact) mass is 651 g/mol. The van der Waals surface area contributed by atoms with Gasteiger partial charge in [-0.1, -0.05) is 81.9 Å². The Balaban J connectivity index is 2.03. The number of hydrogen-bond donors (Lipinski definition) is 0. The number of hydrogen-bond acceptors (Lipinski definition) is 4. The summed E-state index contributed by atoms with van der Waals surface area (Å²) in [6.07, 6.45) is 9.95.